The first-order valence-corrected chi connectivity index (χ1v) is 8.30. The fourth-order valence-corrected chi connectivity index (χ4v) is 3.33. The van der Waals surface area contributed by atoms with E-state index in [1.807, 2.05) is 0 Å². The van der Waals surface area contributed by atoms with Crippen LogP contribution in [0.4, 0.5) is 0 Å². The van der Waals surface area contributed by atoms with Gasteiger partial charge in [0.1, 0.15) is 22.3 Å². The van der Waals surface area contributed by atoms with E-state index in [-0.39, 0.29) is 50.4 Å². The molecule has 0 bridgehead atoms. The zero-order valence-corrected chi connectivity index (χ0v) is 14.1. The summed E-state index contributed by atoms with van der Waals surface area (Å²) in [7, 11) is 0. The monoisotopic (exact) mass is 376 g/mol. The number of furan rings is 2. The first kappa shape index (κ1) is 16.1. The molecule has 0 saturated carbocycles. The molecular weight excluding hydrogens is 364 g/mol. The molecule has 28 heavy (non-hydrogen) atoms. The summed E-state index contributed by atoms with van der Waals surface area (Å²) in [5.41, 5.74) is 1.30. The molecule has 1 aliphatic carbocycles. The van der Waals surface area contributed by atoms with Crippen molar-refractivity contribution in [3.05, 3.63) is 69.0 Å². The predicted molar refractivity (Wildman–Crippen MR) is 97.3 cm³/mol. The Morgan fingerprint density at radius 2 is 1.61 bits per heavy atom. The Morgan fingerprint density at radius 1 is 0.893 bits per heavy atom. The van der Waals surface area contributed by atoms with Gasteiger partial charge >= 0.3 is 0 Å². The second-order valence-electron chi connectivity index (χ2n) is 6.44. The van der Waals surface area contributed by atoms with E-state index >= 15 is 0 Å². The molecule has 2 aromatic heterocycles. The van der Waals surface area contributed by atoms with Gasteiger partial charge in [-0.05, 0) is 29.8 Å². The van der Waals surface area contributed by atoms with Crippen LogP contribution in [0.5, 0.6) is 23.0 Å². The summed E-state index contributed by atoms with van der Waals surface area (Å²) < 4.78 is 11.4. The maximum atomic E-state index is 12.5. The van der Waals surface area contributed by atoms with Gasteiger partial charge in [0, 0.05) is 17.5 Å². The molecule has 0 radical (unpaired) electrons. The summed E-state index contributed by atoms with van der Waals surface area (Å²) in [5, 5.41) is 40.3. The molecule has 0 unspecified atom stereocenters. The van der Waals surface area contributed by atoms with Gasteiger partial charge in [0.2, 0.25) is 0 Å². The molecule has 7 heteroatoms. The Bertz CT molecular complexity index is 1500. The van der Waals surface area contributed by atoms with Gasteiger partial charge in [-0.1, -0.05) is 12.1 Å². The van der Waals surface area contributed by atoms with E-state index < -0.39 is 5.78 Å². The van der Waals surface area contributed by atoms with E-state index in [1.165, 1.54) is 36.4 Å². The van der Waals surface area contributed by atoms with Crippen molar-refractivity contribution in [1.29, 1.82) is 0 Å². The SMILES string of the molecule is O=C1C=c2oc3cc(O)c(O)cc3c2=c2o/c(=C\c3ccc(O)cc3)c(O)c21. The number of benzene rings is 2. The smallest absolute Gasteiger partial charge is 0.197 e. The number of phenols is 3. The molecule has 4 N–H and O–H groups in total. The molecule has 0 fully saturated rings. The third-order valence-electron chi connectivity index (χ3n) is 4.65. The largest absolute Gasteiger partial charge is 0.508 e. The number of hydrogen-bond donors (Lipinski definition) is 4. The van der Waals surface area contributed by atoms with Gasteiger partial charge in [0.25, 0.3) is 0 Å². The van der Waals surface area contributed by atoms with E-state index in [2.05, 4.69) is 0 Å². The molecule has 0 saturated heterocycles. The number of fused-ring (bicyclic) bond motifs is 4. The van der Waals surface area contributed by atoms with Crippen molar-refractivity contribution in [2.45, 2.75) is 0 Å². The Morgan fingerprint density at radius 3 is 2.36 bits per heavy atom. The fraction of sp³-hybridized carbons (Fsp3) is 0. The van der Waals surface area contributed by atoms with Gasteiger partial charge < -0.3 is 29.3 Å². The van der Waals surface area contributed by atoms with Crippen LogP contribution in [0.2, 0.25) is 0 Å². The third kappa shape index (κ3) is 2.20. The minimum absolute atomic E-state index is 0.00667. The number of carbonyl (C=O) groups is 1. The maximum Gasteiger partial charge on any atom is 0.197 e. The lowest BCUT2D eigenvalue weighted by Gasteiger charge is -1.96. The van der Waals surface area contributed by atoms with Crippen molar-refractivity contribution >= 4 is 28.9 Å². The Hall–Kier alpha value is -4.13. The summed E-state index contributed by atoms with van der Waals surface area (Å²) in [4.78, 5) is 12.5. The second kappa shape index (κ2) is 5.43. The number of phenolic OH excluding ortho intramolecular Hbond substituents is 3. The van der Waals surface area contributed by atoms with E-state index in [4.69, 9.17) is 8.83 Å². The highest BCUT2D eigenvalue weighted by atomic mass is 16.4. The van der Waals surface area contributed by atoms with Gasteiger partial charge in [-0.25, -0.2) is 0 Å². The normalized spacial score (nSPS) is 13.4. The van der Waals surface area contributed by atoms with Crippen molar-refractivity contribution in [3.8, 4) is 23.0 Å². The van der Waals surface area contributed by atoms with Gasteiger partial charge in [0.15, 0.2) is 33.9 Å². The molecule has 138 valence electrons. The quantitative estimate of drug-likeness (QED) is 0.374. The molecule has 4 aromatic rings. The van der Waals surface area contributed by atoms with Crippen LogP contribution in [0.3, 0.4) is 0 Å². The molecular formula is C21H12O7. The Balaban J connectivity index is 1.93. The summed E-state index contributed by atoms with van der Waals surface area (Å²) in [6, 6.07) is 8.78. The minimum atomic E-state index is -0.485. The average molecular weight is 376 g/mol. The molecule has 2 heterocycles. The fourth-order valence-electron chi connectivity index (χ4n) is 3.33. The van der Waals surface area contributed by atoms with Crippen LogP contribution in [-0.4, -0.2) is 26.2 Å². The van der Waals surface area contributed by atoms with Crippen molar-refractivity contribution < 1.29 is 34.1 Å². The van der Waals surface area contributed by atoms with Crippen molar-refractivity contribution in [1.82, 2.24) is 0 Å². The van der Waals surface area contributed by atoms with E-state index in [1.54, 1.807) is 12.1 Å². The van der Waals surface area contributed by atoms with Crippen LogP contribution in [0, 0.1) is 10.6 Å². The zero-order valence-electron chi connectivity index (χ0n) is 14.1. The summed E-state index contributed by atoms with van der Waals surface area (Å²) in [6.45, 7) is 0. The highest BCUT2D eigenvalue weighted by molar-refractivity contribution is 6.19. The molecule has 0 aliphatic heterocycles. The first-order valence-electron chi connectivity index (χ1n) is 8.30. The number of carbonyl (C=O) groups excluding carboxylic acids is 1. The topological polar surface area (TPSA) is 124 Å². The number of ketones is 1. The van der Waals surface area contributed by atoms with Crippen LogP contribution in [0.25, 0.3) is 23.1 Å². The maximum absolute atomic E-state index is 12.5. The Labute approximate surface area is 155 Å². The number of Topliss-reactive ketones (excluding diaryl/α,β-unsaturated/α-hetero) is 1. The lowest BCUT2D eigenvalue weighted by atomic mass is 10.1. The van der Waals surface area contributed by atoms with E-state index in [0.29, 0.717) is 16.2 Å². The highest BCUT2D eigenvalue weighted by Gasteiger charge is 2.24. The Kier molecular flexibility index (Phi) is 3.12. The van der Waals surface area contributed by atoms with Crippen LogP contribution in [0.15, 0.2) is 45.2 Å². The molecule has 0 atom stereocenters. The van der Waals surface area contributed by atoms with Crippen LogP contribution in [-0.2, 0) is 0 Å². The van der Waals surface area contributed by atoms with Gasteiger partial charge in [-0.2, -0.15) is 0 Å². The number of hydrogen-bond acceptors (Lipinski definition) is 7. The molecule has 2 aromatic carbocycles. The molecule has 0 spiro atoms. The van der Waals surface area contributed by atoms with Gasteiger partial charge in [0.05, 0.1) is 5.22 Å². The van der Waals surface area contributed by atoms with E-state index in [9.17, 15) is 25.2 Å². The highest BCUT2D eigenvalue weighted by Crippen LogP contribution is 2.32. The lowest BCUT2D eigenvalue weighted by molar-refractivity contribution is 0.105. The molecule has 0 amide bonds. The van der Waals surface area contributed by atoms with Crippen molar-refractivity contribution in [3.63, 3.8) is 0 Å². The van der Waals surface area contributed by atoms with Crippen LogP contribution < -0.4 is 10.8 Å². The first-order chi connectivity index (χ1) is 13.4. The predicted octanol–water partition coefficient (Wildman–Crippen LogP) is 1.94. The molecule has 5 rings (SSSR count). The van der Waals surface area contributed by atoms with Crippen molar-refractivity contribution in [2.24, 2.45) is 0 Å². The lowest BCUT2D eigenvalue weighted by Crippen LogP contribution is -2.10. The van der Waals surface area contributed by atoms with Gasteiger partial charge in [-0.3, -0.25) is 4.79 Å². The van der Waals surface area contributed by atoms with E-state index in [0.717, 1.165) is 0 Å². The molecule has 1 aliphatic rings. The summed E-state index contributed by atoms with van der Waals surface area (Å²) >= 11 is 0. The number of aromatic hydroxyl groups is 4. The van der Waals surface area contributed by atoms with Crippen LogP contribution in [0.1, 0.15) is 15.9 Å². The molecule has 7 nitrogen and oxygen atoms in total. The van der Waals surface area contributed by atoms with Gasteiger partial charge in [-0.15, -0.1) is 0 Å². The third-order valence-corrected chi connectivity index (χ3v) is 4.65. The van der Waals surface area contributed by atoms with Crippen molar-refractivity contribution in [2.75, 3.05) is 0 Å². The second-order valence-corrected chi connectivity index (χ2v) is 6.44. The zero-order chi connectivity index (χ0) is 19.6. The average Bonchev–Trinajstić information content (AvgIpc) is 3.15. The summed E-state index contributed by atoms with van der Waals surface area (Å²) in [6.07, 6.45) is 2.76. The summed E-state index contributed by atoms with van der Waals surface area (Å²) in [5.74, 6) is -1.40. The standard InChI is InChI=1S/C21H12O7/c22-10-3-1-9(2-4-10)5-17-20(26)19-14(25)8-16-18(21(19)28-17)11-6-12(23)13(24)7-15(11)27-16/h1-8,22-24,26H/b17-5-. The minimum Gasteiger partial charge on any atom is -0.508 e. The number of rotatable bonds is 1. The van der Waals surface area contributed by atoms with Crippen LogP contribution >= 0.6 is 0 Å².